The van der Waals surface area contributed by atoms with Crippen molar-refractivity contribution in [3.8, 4) is 11.5 Å². The zero-order valence-electron chi connectivity index (χ0n) is 16.1. The van der Waals surface area contributed by atoms with Gasteiger partial charge in [0.1, 0.15) is 11.6 Å². The van der Waals surface area contributed by atoms with Crippen molar-refractivity contribution in [1.29, 1.82) is 0 Å². The molecule has 8 heteroatoms. The average molecular weight is 396 g/mol. The summed E-state index contributed by atoms with van der Waals surface area (Å²) in [6.07, 6.45) is -0.0757. The molecular formula is C21H21FN4O3. The van der Waals surface area contributed by atoms with E-state index in [0.29, 0.717) is 35.2 Å². The lowest BCUT2D eigenvalue weighted by molar-refractivity contribution is -0.115. The van der Waals surface area contributed by atoms with Crippen molar-refractivity contribution < 1.29 is 18.7 Å². The summed E-state index contributed by atoms with van der Waals surface area (Å²) in [5.74, 6) is 1.37. The molecule has 150 valence electrons. The second-order valence-electron chi connectivity index (χ2n) is 6.16. The first-order valence-corrected chi connectivity index (χ1v) is 8.91. The van der Waals surface area contributed by atoms with Crippen LogP contribution in [0.3, 0.4) is 0 Å². The van der Waals surface area contributed by atoms with Crippen molar-refractivity contribution in [2.24, 2.45) is 0 Å². The van der Waals surface area contributed by atoms with Crippen LogP contribution < -0.4 is 20.1 Å². The number of benzene rings is 2. The molecule has 0 saturated heterocycles. The van der Waals surface area contributed by atoms with E-state index in [1.165, 1.54) is 6.07 Å². The Hall–Kier alpha value is -3.68. The van der Waals surface area contributed by atoms with E-state index in [2.05, 4.69) is 20.8 Å². The number of ether oxygens (including phenoxy) is 2. The van der Waals surface area contributed by atoms with Gasteiger partial charge < -0.3 is 20.1 Å². The van der Waals surface area contributed by atoms with Gasteiger partial charge in [0, 0.05) is 6.54 Å². The monoisotopic (exact) mass is 396 g/mol. The highest BCUT2D eigenvalue weighted by Gasteiger charge is 2.09. The minimum atomic E-state index is -0.413. The second kappa shape index (κ2) is 9.50. The Balaban J connectivity index is 1.55. The Bertz CT molecular complexity index is 980. The smallest absolute Gasteiger partial charge is 0.230 e. The van der Waals surface area contributed by atoms with Gasteiger partial charge in [-0.1, -0.05) is 24.3 Å². The number of anilines is 2. The maximum absolute atomic E-state index is 13.6. The number of nitrogens with one attached hydrogen (secondary N) is 2. The Morgan fingerprint density at radius 1 is 0.966 bits per heavy atom. The van der Waals surface area contributed by atoms with E-state index >= 15 is 0 Å². The van der Waals surface area contributed by atoms with Gasteiger partial charge in [-0.3, -0.25) is 4.79 Å². The minimum Gasteiger partial charge on any atom is -0.493 e. The van der Waals surface area contributed by atoms with Gasteiger partial charge in [0.25, 0.3) is 0 Å². The number of halogens is 1. The Morgan fingerprint density at radius 3 is 2.38 bits per heavy atom. The summed E-state index contributed by atoms with van der Waals surface area (Å²) < 4.78 is 24.1. The van der Waals surface area contributed by atoms with E-state index in [1.54, 1.807) is 44.6 Å². The van der Waals surface area contributed by atoms with Gasteiger partial charge in [-0.15, -0.1) is 10.2 Å². The van der Waals surface area contributed by atoms with Crippen LogP contribution in [0.1, 0.15) is 11.1 Å². The molecule has 0 aliphatic rings. The molecule has 0 aliphatic heterocycles. The van der Waals surface area contributed by atoms with Crippen molar-refractivity contribution >= 4 is 17.5 Å². The van der Waals surface area contributed by atoms with Crippen molar-refractivity contribution in [3.05, 3.63) is 71.5 Å². The first kappa shape index (κ1) is 20.1. The lowest BCUT2D eigenvalue weighted by Crippen LogP contribution is -2.16. The van der Waals surface area contributed by atoms with Gasteiger partial charge in [0.2, 0.25) is 5.91 Å². The van der Waals surface area contributed by atoms with Crippen LogP contribution in [0, 0.1) is 5.82 Å². The van der Waals surface area contributed by atoms with Crippen molar-refractivity contribution in [1.82, 2.24) is 10.2 Å². The maximum atomic E-state index is 13.6. The third-order valence-electron chi connectivity index (χ3n) is 4.16. The second-order valence-corrected chi connectivity index (χ2v) is 6.16. The molecule has 0 unspecified atom stereocenters. The first-order chi connectivity index (χ1) is 14.1. The molecule has 0 fully saturated rings. The fourth-order valence-corrected chi connectivity index (χ4v) is 2.68. The Labute approximate surface area is 167 Å². The van der Waals surface area contributed by atoms with E-state index in [4.69, 9.17) is 9.47 Å². The van der Waals surface area contributed by atoms with Crippen LogP contribution >= 0.6 is 0 Å². The summed E-state index contributed by atoms with van der Waals surface area (Å²) in [6.45, 7) is 0.508. The zero-order chi connectivity index (χ0) is 20.6. The predicted octanol–water partition coefficient (Wildman–Crippen LogP) is 3.43. The Kier molecular flexibility index (Phi) is 6.57. The lowest BCUT2D eigenvalue weighted by Gasteiger charge is -2.10. The van der Waals surface area contributed by atoms with Crippen molar-refractivity contribution in [2.75, 3.05) is 24.9 Å². The topological polar surface area (TPSA) is 85.4 Å². The molecular weight excluding hydrogens is 375 g/mol. The third kappa shape index (κ3) is 5.41. The highest BCUT2D eigenvalue weighted by Crippen LogP contribution is 2.27. The summed E-state index contributed by atoms with van der Waals surface area (Å²) in [4.78, 5) is 12.1. The van der Waals surface area contributed by atoms with Crippen molar-refractivity contribution in [2.45, 2.75) is 13.0 Å². The highest BCUT2D eigenvalue weighted by molar-refractivity contribution is 5.91. The average Bonchev–Trinajstić information content (AvgIpc) is 2.74. The molecule has 1 amide bonds. The molecule has 2 aromatic carbocycles. The molecule has 0 bridgehead atoms. The van der Waals surface area contributed by atoms with Crippen molar-refractivity contribution in [3.63, 3.8) is 0 Å². The molecule has 1 heterocycles. The SMILES string of the molecule is COc1ccc(CNc2ccc(NC(=O)Cc3ccccc3F)nn2)cc1OC. The molecule has 1 aromatic heterocycles. The fourth-order valence-electron chi connectivity index (χ4n) is 2.68. The van der Waals surface area contributed by atoms with Gasteiger partial charge in [-0.25, -0.2) is 4.39 Å². The molecule has 3 rings (SSSR count). The molecule has 0 spiro atoms. The number of methoxy groups -OCH3 is 2. The molecule has 0 saturated carbocycles. The Morgan fingerprint density at radius 2 is 1.69 bits per heavy atom. The first-order valence-electron chi connectivity index (χ1n) is 8.91. The number of hydrogen-bond donors (Lipinski definition) is 2. The van der Waals surface area contributed by atoms with Crippen LogP contribution in [0.2, 0.25) is 0 Å². The van der Waals surface area contributed by atoms with Crippen LogP contribution in [0.15, 0.2) is 54.6 Å². The van der Waals surface area contributed by atoms with E-state index in [0.717, 1.165) is 5.56 Å². The molecule has 3 aromatic rings. The molecule has 2 N–H and O–H groups in total. The number of hydrogen-bond acceptors (Lipinski definition) is 6. The van der Waals surface area contributed by atoms with Crippen LogP contribution in [-0.2, 0) is 17.8 Å². The van der Waals surface area contributed by atoms with E-state index in [1.807, 2.05) is 18.2 Å². The quantitative estimate of drug-likeness (QED) is 0.607. The zero-order valence-corrected chi connectivity index (χ0v) is 16.1. The molecule has 0 aliphatic carbocycles. The number of carbonyl (C=O) groups excluding carboxylic acids is 1. The standard InChI is InChI=1S/C21H21FN4O3/c1-28-17-8-7-14(11-18(17)29-2)13-23-19-9-10-20(26-25-19)24-21(27)12-15-5-3-4-6-16(15)22/h3-11H,12-13H2,1-2H3,(H,23,25)(H,24,26,27). The lowest BCUT2D eigenvalue weighted by atomic mass is 10.1. The van der Waals surface area contributed by atoms with E-state index in [-0.39, 0.29) is 12.3 Å². The number of carbonyl (C=O) groups is 1. The van der Waals surface area contributed by atoms with Gasteiger partial charge >= 0.3 is 0 Å². The summed E-state index contributed by atoms with van der Waals surface area (Å²) in [5.41, 5.74) is 1.30. The fraction of sp³-hybridized carbons (Fsp3) is 0.190. The third-order valence-corrected chi connectivity index (χ3v) is 4.16. The number of nitrogens with zero attached hydrogens (tertiary/aromatic N) is 2. The summed E-state index contributed by atoms with van der Waals surface area (Å²) in [7, 11) is 3.17. The number of aromatic nitrogens is 2. The molecule has 0 radical (unpaired) electrons. The molecule has 7 nitrogen and oxygen atoms in total. The highest BCUT2D eigenvalue weighted by atomic mass is 19.1. The van der Waals surface area contributed by atoms with E-state index < -0.39 is 5.82 Å². The van der Waals surface area contributed by atoms with Gasteiger partial charge in [-0.2, -0.15) is 0 Å². The van der Waals surface area contributed by atoms with Crippen LogP contribution in [0.25, 0.3) is 0 Å². The summed E-state index contributed by atoms with van der Waals surface area (Å²) in [6, 6.07) is 15.1. The van der Waals surface area contributed by atoms with E-state index in [9.17, 15) is 9.18 Å². The van der Waals surface area contributed by atoms with Gasteiger partial charge in [-0.05, 0) is 41.5 Å². The normalized spacial score (nSPS) is 10.3. The van der Waals surface area contributed by atoms with Crippen LogP contribution in [0.5, 0.6) is 11.5 Å². The van der Waals surface area contributed by atoms with Gasteiger partial charge in [0.05, 0.1) is 20.6 Å². The van der Waals surface area contributed by atoms with Crippen LogP contribution in [-0.4, -0.2) is 30.3 Å². The number of rotatable bonds is 8. The van der Waals surface area contributed by atoms with Gasteiger partial charge in [0.15, 0.2) is 17.3 Å². The minimum absolute atomic E-state index is 0.0757. The molecule has 29 heavy (non-hydrogen) atoms. The number of amides is 1. The van der Waals surface area contributed by atoms with Crippen LogP contribution in [0.4, 0.5) is 16.0 Å². The molecule has 0 atom stereocenters. The maximum Gasteiger partial charge on any atom is 0.230 e. The largest absolute Gasteiger partial charge is 0.493 e. The summed E-state index contributed by atoms with van der Waals surface area (Å²) in [5, 5.41) is 13.8. The summed E-state index contributed by atoms with van der Waals surface area (Å²) >= 11 is 0. The predicted molar refractivity (Wildman–Crippen MR) is 108 cm³/mol.